The highest BCUT2D eigenvalue weighted by molar-refractivity contribution is 9.10. The van der Waals surface area contributed by atoms with E-state index >= 15 is 0 Å². The second kappa shape index (κ2) is 9.18. The first-order valence-electron chi connectivity index (χ1n) is 9.46. The zero-order valence-corrected chi connectivity index (χ0v) is 19.7. The topological polar surface area (TPSA) is 61.9 Å². The first-order valence-corrected chi connectivity index (χ1v) is 11.0. The number of benzene rings is 3. The molecule has 0 spiro atoms. The molecule has 0 fully saturated rings. The van der Waals surface area contributed by atoms with Gasteiger partial charge in [0.15, 0.2) is 5.69 Å². The smallest absolute Gasteiger partial charge is 0.221 e. The highest BCUT2D eigenvalue weighted by Crippen LogP contribution is 2.41. The lowest BCUT2D eigenvalue weighted by molar-refractivity contribution is 0.429. The Morgan fingerprint density at radius 1 is 1.13 bits per heavy atom. The molecular formula is C23H18BrClN4OS. The normalized spacial score (nSPS) is 11.3. The Hall–Kier alpha value is -2.74. The van der Waals surface area contributed by atoms with Crippen LogP contribution in [0.1, 0.15) is 11.1 Å². The fourth-order valence-electron chi connectivity index (χ4n) is 3.30. The first-order chi connectivity index (χ1) is 14.9. The molecule has 0 aliphatic rings. The van der Waals surface area contributed by atoms with Gasteiger partial charge >= 0.3 is 0 Å². The number of anilines is 1. The Morgan fingerprint density at radius 3 is 2.65 bits per heavy atom. The number of nitrogens with zero attached hydrogens (tertiary/aromatic N) is 3. The summed E-state index contributed by atoms with van der Waals surface area (Å²) in [5.74, 6) is -0.00420. The minimum atomic E-state index is -0.00420. The molecule has 4 aromatic rings. The summed E-state index contributed by atoms with van der Waals surface area (Å²) in [6.07, 6.45) is 0. The van der Waals surface area contributed by atoms with Gasteiger partial charge in [-0.2, -0.15) is 0 Å². The number of thiocarbonyl (C=S) groups is 1. The molecule has 0 amide bonds. The minimum absolute atomic E-state index is 0.00420. The standard InChI is InChI=1S/C23H18BrClN4OS/c1-14-6-2-5-9-19(14)26-23(31)28-27-21-17-12-16(24)10-11-20(17)29(22(21)30)13-15-7-3-4-8-18(15)25/h2-12,30H,13H2,1H3,(H,26,31). The maximum absolute atomic E-state index is 11.0. The van der Waals surface area contributed by atoms with Crippen molar-refractivity contribution in [1.29, 1.82) is 0 Å². The average Bonchev–Trinajstić information content (AvgIpc) is 3.00. The van der Waals surface area contributed by atoms with Gasteiger partial charge < -0.3 is 15.0 Å². The van der Waals surface area contributed by atoms with E-state index in [0.717, 1.165) is 32.2 Å². The molecule has 0 aliphatic heterocycles. The zero-order chi connectivity index (χ0) is 22.0. The fraction of sp³-hybridized carbons (Fsp3) is 0.0870. The third kappa shape index (κ3) is 4.63. The van der Waals surface area contributed by atoms with Crippen LogP contribution >= 0.6 is 39.7 Å². The Kier molecular flexibility index (Phi) is 6.36. The molecule has 0 radical (unpaired) electrons. The van der Waals surface area contributed by atoms with Crippen LogP contribution in [0.2, 0.25) is 5.02 Å². The molecule has 8 heteroatoms. The highest BCUT2D eigenvalue weighted by Gasteiger charge is 2.18. The van der Waals surface area contributed by atoms with Crippen LogP contribution in [-0.2, 0) is 6.54 Å². The van der Waals surface area contributed by atoms with Crippen LogP contribution in [0.25, 0.3) is 10.9 Å². The fourth-order valence-corrected chi connectivity index (χ4v) is 4.01. The molecular weight excluding hydrogens is 496 g/mol. The van der Waals surface area contributed by atoms with Crippen molar-refractivity contribution >= 4 is 67.1 Å². The van der Waals surface area contributed by atoms with Gasteiger partial charge in [0.2, 0.25) is 11.0 Å². The van der Waals surface area contributed by atoms with E-state index in [1.165, 1.54) is 0 Å². The van der Waals surface area contributed by atoms with Crippen molar-refractivity contribution in [2.75, 3.05) is 5.32 Å². The lowest BCUT2D eigenvalue weighted by Gasteiger charge is -2.09. The van der Waals surface area contributed by atoms with E-state index in [-0.39, 0.29) is 11.0 Å². The molecule has 156 valence electrons. The van der Waals surface area contributed by atoms with E-state index in [1.54, 1.807) is 4.57 Å². The van der Waals surface area contributed by atoms with Crippen molar-refractivity contribution in [2.24, 2.45) is 10.2 Å². The van der Waals surface area contributed by atoms with E-state index in [0.29, 0.717) is 17.3 Å². The van der Waals surface area contributed by atoms with E-state index < -0.39 is 0 Å². The minimum Gasteiger partial charge on any atom is -0.493 e. The molecule has 0 saturated heterocycles. The van der Waals surface area contributed by atoms with Crippen LogP contribution in [0.3, 0.4) is 0 Å². The second-order valence-electron chi connectivity index (χ2n) is 6.96. The summed E-state index contributed by atoms with van der Waals surface area (Å²) in [5.41, 5.74) is 3.95. The molecule has 1 aromatic heterocycles. The molecule has 0 saturated carbocycles. The third-order valence-corrected chi connectivity index (χ3v) is 5.93. The number of aromatic hydroxyl groups is 1. The molecule has 0 aliphatic carbocycles. The lowest BCUT2D eigenvalue weighted by atomic mass is 10.2. The van der Waals surface area contributed by atoms with Gasteiger partial charge in [-0.1, -0.05) is 63.9 Å². The first kappa shape index (κ1) is 21.5. The summed E-state index contributed by atoms with van der Waals surface area (Å²) in [7, 11) is 0. The summed E-state index contributed by atoms with van der Waals surface area (Å²) in [6, 6.07) is 21.0. The number of hydrogen-bond acceptors (Lipinski definition) is 3. The number of azo groups is 1. The number of nitrogens with one attached hydrogen (secondary N) is 1. The monoisotopic (exact) mass is 512 g/mol. The highest BCUT2D eigenvalue weighted by atomic mass is 79.9. The lowest BCUT2D eigenvalue weighted by Crippen LogP contribution is -2.06. The number of fused-ring (bicyclic) bond motifs is 1. The molecule has 2 N–H and O–H groups in total. The van der Waals surface area contributed by atoms with Gasteiger partial charge in [0.25, 0.3) is 0 Å². The summed E-state index contributed by atoms with van der Waals surface area (Å²) in [5, 5.41) is 24.1. The predicted octanol–water partition coefficient (Wildman–Crippen LogP) is 7.60. The largest absolute Gasteiger partial charge is 0.493 e. The number of aromatic nitrogens is 1. The molecule has 31 heavy (non-hydrogen) atoms. The molecule has 5 nitrogen and oxygen atoms in total. The molecule has 0 unspecified atom stereocenters. The van der Waals surface area contributed by atoms with Crippen LogP contribution in [0.5, 0.6) is 5.88 Å². The van der Waals surface area contributed by atoms with Crippen LogP contribution < -0.4 is 5.32 Å². The van der Waals surface area contributed by atoms with Crippen molar-refractivity contribution in [3.8, 4) is 5.88 Å². The Bertz CT molecular complexity index is 1320. The maximum Gasteiger partial charge on any atom is 0.221 e. The van der Waals surface area contributed by atoms with Gasteiger partial charge in [0.05, 0.1) is 12.1 Å². The summed E-state index contributed by atoms with van der Waals surface area (Å²) in [4.78, 5) is 0. The van der Waals surface area contributed by atoms with Crippen LogP contribution in [-0.4, -0.2) is 14.8 Å². The molecule has 1 heterocycles. The number of aryl methyl sites for hydroxylation is 1. The third-order valence-electron chi connectivity index (χ3n) is 4.89. The van der Waals surface area contributed by atoms with Gasteiger partial charge in [-0.25, -0.2) is 0 Å². The van der Waals surface area contributed by atoms with Crippen molar-refractivity contribution in [3.63, 3.8) is 0 Å². The summed E-state index contributed by atoms with van der Waals surface area (Å²) in [6.45, 7) is 2.37. The maximum atomic E-state index is 11.0. The quantitative estimate of drug-likeness (QED) is 0.218. The van der Waals surface area contributed by atoms with Crippen molar-refractivity contribution in [2.45, 2.75) is 13.5 Å². The van der Waals surface area contributed by atoms with Gasteiger partial charge in [-0.3, -0.25) is 0 Å². The molecule has 4 rings (SSSR count). The number of para-hydroxylation sites is 1. The van der Waals surface area contributed by atoms with Crippen LogP contribution in [0, 0.1) is 6.92 Å². The Labute approximate surface area is 198 Å². The SMILES string of the molecule is Cc1ccccc1NC(=S)N=Nc1c(O)n(Cc2ccccc2Cl)c2ccc(Br)cc12. The van der Waals surface area contributed by atoms with E-state index in [9.17, 15) is 5.11 Å². The number of hydrogen-bond donors (Lipinski definition) is 2. The van der Waals surface area contributed by atoms with E-state index in [1.807, 2.05) is 73.7 Å². The number of rotatable bonds is 4. The predicted molar refractivity (Wildman–Crippen MR) is 134 cm³/mol. The van der Waals surface area contributed by atoms with Crippen molar-refractivity contribution in [1.82, 2.24) is 4.57 Å². The Morgan fingerprint density at radius 2 is 1.87 bits per heavy atom. The molecule has 0 bridgehead atoms. The van der Waals surface area contributed by atoms with Gasteiger partial charge in [-0.15, -0.1) is 10.2 Å². The summed E-state index contributed by atoms with van der Waals surface area (Å²) >= 11 is 15.1. The summed E-state index contributed by atoms with van der Waals surface area (Å²) < 4.78 is 2.63. The van der Waals surface area contributed by atoms with E-state index in [4.69, 9.17) is 23.8 Å². The van der Waals surface area contributed by atoms with Gasteiger partial charge in [0.1, 0.15) is 0 Å². The van der Waals surface area contributed by atoms with Gasteiger partial charge in [0, 0.05) is 20.6 Å². The molecule has 3 aromatic carbocycles. The molecule has 0 atom stereocenters. The van der Waals surface area contributed by atoms with Crippen molar-refractivity contribution < 1.29 is 5.11 Å². The Balaban J connectivity index is 1.70. The van der Waals surface area contributed by atoms with Crippen LogP contribution in [0.15, 0.2) is 81.4 Å². The van der Waals surface area contributed by atoms with E-state index in [2.05, 4.69) is 31.5 Å². The number of halogens is 2. The second-order valence-corrected chi connectivity index (χ2v) is 8.67. The van der Waals surface area contributed by atoms with Crippen molar-refractivity contribution in [3.05, 3.63) is 87.4 Å². The average molecular weight is 514 g/mol. The zero-order valence-electron chi connectivity index (χ0n) is 16.5. The van der Waals surface area contributed by atoms with Gasteiger partial charge in [-0.05, 0) is 60.6 Å². The van der Waals surface area contributed by atoms with Crippen LogP contribution in [0.4, 0.5) is 11.4 Å².